The predicted molar refractivity (Wildman–Crippen MR) is 104 cm³/mol. The van der Waals surface area contributed by atoms with E-state index in [0.29, 0.717) is 5.52 Å². The molecule has 1 fully saturated rings. The first-order valence-corrected chi connectivity index (χ1v) is 11.0. The third kappa shape index (κ3) is 5.42. The van der Waals surface area contributed by atoms with Crippen LogP contribution in [0, 0.1) is 0 Å². The topological polar surface area (TPSA) is 84.1 Å². The van der Waals surface area contributed by atoms with Gasteiger partial charge in [-0.2, -0.15) is 13.2 Å². The molecule has 0 radical (unpaired) electrons. The van der Waals surface area contributed by atoms with Gasteiger partial charge < -0.3 is 9.72 Å². The Bertz CT molecular complexity index is 956. The van der Waals surface area contributed by atoms with E-state index in [4.69, 9.17) is 4.74 Å². The lowest BCUT2D eigenvalue weighted by Gasteiger charge is -2.31. The first-order valence-electron chi connectivity index (χ1n) is 9.55. The van der Waals surface area contributed by atoms with E-state index < -0.39 is 27.6 Å². The zero-order valence-corrected chi connectivity index (χ0v) is 17.5. The van der Waals surface area contributed by atoms with Crippen LogP contribution in [-0.2, 0) is 10.0 Å². The van der Waals surface area contributed by atoms with Crippen molar-refractivity contribution < 1.29 is 26.3 Å². The van der Waals surface area contributed by atoms with Crippen LogP contribution in [0.25, 0.3) is 11.0 Å². The molecule has 1 saturated carbocycles. The van der Waals surface area contributed by atoms with Crippen molar-refractivity contribution in [1.29, 1.82) is 0 Å². The van der Waals surface area contributed by atoms with E-state index in [0.717, 1.165) is 36.9 Å². The molecule has 1 aliphatic carbocycles. The first-order chi connectivity index (χ1) is 13.3. The van der Waals surface area contributed by atoms with Gasteiger partial charge in [0.15, 0.2) is 6.61 Å². The Morgan fingerprint density at radius 1 is 1.17 bits per heavy atom. The molecule has 0 amide bonds. The summed E-state index contributed by atoms with van der Waals surface area (Å²) in [4.78, 5) is 7.41. The van der Waals surface area contributed by atoms with E-state index in [9.17, 15) is 21.6 Å². The number of pyridine rings is 1. The van der Waals surface area contributed by atoms with Crippen molar-refractivity contribution in [3.8, 4) is 5.88 Å². The maximum Gasteiger partial charge on any atom is 0.422 e. The number of hydrogen-bond donors (Lipinski definition) is 2. The van der Waals surface area contributed by atoms with Crippen molar-refractivity contribution in [2.75, 3.05) is 6.61 Å². The van der Waals surface area contributed by atoms with Crippen molar-refractivity contribution in [3.63, 3.8) is 0 Å². The summed E-state index contributed by atoms with van der Waals surface area (Å²) in [6.45, 7) is 3.64. The molecule has 3 rings (SSSR count). The summed E-state index contributed by atoms with van der Waals surface area (Å²) >= 11 is 0. The van der Waals surface area contributed by atoms with Crippen LogP contribution in [0.5, 0.6) is 5.88 Å². The van der Waals surface area contributed by atoms with Crippen molar-refractivity contribution in [2.45, 2.75) is 69.3 Å². The highest BCUT2D eigenvalue weighted by Gasteiger charge is 2.33. The average molecular weight is 433 g/mol. The van der Waals surface area contributed by atoms with Crippen LogP contribution < -0.4 is 9.46 Å². The van der Waals surface area contributed by atoms with Crippen LogP contribution in [0.3, 0.4) is 0 Å². The molecule has 2 aromatic rings. The monoisotopic (exact) mass is 433 g/mol. The molecule has 162 valence electrons. The quantitative estimate of drug-likeness (QED) is 0.738. The molecule has 0 aliphatic heterocycles. The molecule has 29 heavy (non-hydrogen) atoms. The Morgan fingerprint density at radius 3 is 2.41 bits per heavy atom. The number of hydrogen-bond acceptors (Lipinski definition) is 4. The molecular formula is C19H26F3N3O3S. The molecule has 2 heterocycles. The zero-order valence-electron chi connectivity index (χ0n) is 16.6. The van der Waals surface area contributed by atoms with Gasteiger partial charge >= 0.3 is 6.18 Å². The lowest BCUT2D eigenvalue weighted by molar-refractivity contribution is -0.154. The fraction of sp³-hybridized carbons (Fsp3) is 0.632. The van der Waals surface area contributed by atoms with Crippen LogP contribution in [0.1, 0.15) is 58.1 Å². The maximum absolute atomic E-state index is 12.3. The van der Waals surface area contributed by atoms with Crippen molar-refractivity contribution in [3.05, 3.63) is 23.9 Å². The van der Waals surface area contributed by atoms with Crippen LogP contribution in [-0.4, -0.2) is 42.0 Å². The lowest BCUT2D eigenvalue weighted by atomic mass is 9.84. The normalized spacial score (nSPS) is 21.4. The van der Waals surface area contributed by atoms with Gasteiger partial charge in [0.25, 0.3) is 0 Å². The van der Waals surface area contributed by atoms with Crippen LogP contribution >= 0.6 is 0 Å². The fourth-order valence-corrected chi connectivity index (χ4v) is 4.41. The largest absolute Gasteiger partial charge is 0.468 e. The summed E-state index contributed by atoms with van der Waals surface area (Å²) in [6, 6.07) is 4.81. The minimum atomic E-state index is -4.41. The van der Waals surface area contributed by atoms with E-state index >= 15 is 0 Å². The highest BCUT2D eigenvalue weighted by Crippen LogP contribution is 2.34. The average Bonchev–Trinajstić information content (AvgIpc) is 3.02. The number of sulfonamides is 1. The molecule has 0 saturated heterocycles. The number of ether oxygens (including phenoxy) is 1. The SMILES string of the molecule is CC(C)(C)S(=O)(=O)NC1CCC(c2cc3nc(OCC(F)(F)F)ccc3[nH]2)CC1. The van der Waals surface area contributed by atoms with Gasteiger partial charge in [-0.05, 0) is 64.5 Å². The Labute approximate surface area is 168 Å². The standard InChI is InChI=1S/C19H26F3N3O3S/c1-18(2,3)29(26,27)25-13-6-4-12(5-7-13)15-10-16-14(23-15)8-9-17(24-16)28-11-19(20,21)22/h8-10,12-13,23,25H,4-7,11H2,1-3H3. The Hall–Kier alpha value is -1.81. The molecule has 10 heteroatoms. The molecule has 0 bridgehead atoms. The van der Waals surface area contributed by atoms with Gasteiger partial charge in [-0.1, -0.05) is 0 Å². The molecule has 2 N–H and O–H groups in total. The maximum atomic E-state index is 12.3. The van der Waals surface area contributed by atoms with Gasteiger partial charge in [0.05, 0.1) is 15.8 Å². The van der Waals surface area contributed by atoms with E-state index in [1.807, 2.05) is 6.07 Å². The number of aromatic amines is 1. The fourth-order valence-electron chi connectivity index (χ4n) is 3.39. The van der Waals surface area contributed by atoms with E-state index in [1.165, 1.54) is 6.07 Å². The number of halogens is 3. The number of alkyl halides is 3. The molecule has 0 atom stereocenters. The van der Waals surface area contributed by atoms with Gasteiger partial charge in [0.2, 0.25) is 15.9 Å². The molecule has 0 spiro atoms. The highest BCUT2D eigenvalue weighted by atomic mass is 32.2. The Morgan fingerprint density at radius 2 is 1.83 bits per heavy atom. The summed E-state index contributed by atoms with van der Waals surface area (Å²) in [6.07, 6.45) is -1.35. The third-order valence-corrected chi connectivity index (χ3v) is 7.41. The molecule has 1 aliphatic rings. The zero-order chi connectivity index (χ0) is 21.4. The summed E-state index contributed by atoms with van der Waals surface area (Å²) in [5.41, 5.74) is 2.24. The number of fused-ring (bicyclic) bond motifs is 1. The molecular weight excluding hydrogens is 407 g/mol. The molecule has 6 nitrogen and oxygen atoms in total. The molecule has 0 unspecified atom stereocenters. The van der Waals surface area contributed by atoms with Crippen LogP contribution in [0.4, 0.5) is 13.2 Å². The van der Waals surface area contributed by atoms with Gasteiger partial charge in [0, 0.05) is 17.8 Å². The van der Waals surface area contributed by atoms with Crippen molar-refractivity contribution in [2.24, 2.45) is 0 Å². The van der Waals surface area contributed by atoms with E-state index in [-0.39, 0.29) is 17.8 Å². The summed E-state index contributed by atoms with van der Waals surface area (Å²) in [7, 11) is -3.38. The van der Waals surface area contributed by atoms with Gasteiger partial charge in [-0.15, -0.1) is 0 Å². The summed E-state index contributed by atoms with van der Waals surface area (Å²) in [5, 5.41) is 0. The van der Waals surface area contributed by atoms with Gasteiger partial charge in [0.1, 0.15) is 0 Å². The smallest absolute Gasteiger partial charge is 0.422 e. The second kappa shape index (κ2) is 7.79. The van der Waals surface area contributed by atoms with Gasteiger partial charge in [-0.25, -0.2) is 18.1 Å². The van der Waals surface area contributed by atoms with E-state index in [2.05, 4.69) is 14.7 Å². The number of nitrogens with zero attached hydrogens (tertiary/aromatic N) is 1. The third-order valence-electron chi connectivity index (χ3n) is 5.15. The highest BCUT2D eigenvalue weighted by molar-refractivity contribution is 7.90. The first kappa shape index (κ1) is 21.9. The lowest BCUT2D eigenvalue weighted by Crippen LogP contribution is -2.45. The summed E-state index contributed by atoms with van der Waals surface area (Å²) < 4.78 is 68.2. The second-order valence-electron chi connectivity index (χ2n) is 8.49. The van der Waals surface area contributed by atoms with E-state index in [1.54, 1.807) is 26.8 Å². The minimum absolute atomic E-state index is 0.0688. The number of rotatable bonds is 5. The number of aromatic nitrogens is 2. The summed E-state index contributed by atoms with van der Waals surface area (Å²) in [5.74, 6) is 0.153. The molecule has 2 aromatic heterocycles. The van der Waals surface area contributed by atoms with Crippen molar-refractivity contribution >= 4 is 21.1 Å². The Kier molecular flexibility index (Phi) is 5.88. The Balaban J connectivity index is 1.63. The van der Waals surface area contributed by atoms with Crippen LogP contribution in [0.15, 0.2) is 18.2 Å². The van der Waals surface area contributed by atoms with Gasteiger partial charge in [-0.3, -0.25) is 0 Å². The van der Waals surface area contributed by atoms with Crippen LogP contribution in [0.2, 0.25) is 0 Å². The predicted octanol–water partition coefficient (Wildman–Crippen LogP) is 4.25. The van der Waals surface area contributed by atoms with Crippen molar-refractivity contribution in [1.82, 2.24) is 14.7 Å². The number of nitrogens with one attached hydrogen (secondary N) is 2. The minimum Gasteiger partial charge on any atom is -0.468 e. The molecule has 0 aromatic carbocycles. The second-order valence-corrected chi connectivity index (χ2v) is 11.0. The number of H-pyrrole nitrogens is 1.